The number of nitrogens with one attached hydrogen (secondary N) is 2. The first-order valence-corrected chi connectivity index (χ1v) is 10.7. The van der Waals surface area contributed by atoms with Crippen LogP contribution in [-0.2, 0) is 11.3 Å². The Morgan fingerprint density at radius 3 is 2.67 bits per heavy atom. The molecule has 2 N–H and O–H groups in total. The molecule has 0 spiro atoms. The molecule has 1 aliphatic heterocycles. The first kappa shape index (κ1) is 21.8. The summed E-state index contributed by atoms with van der Waals surface area (Å²) in [6.07, 6.45) is 3.46. The highest BCUT2D eigenvalue weighted by molar-refractivity contribution is 5.98. The molecule has 8 heteroatoms. The predicted molar refractivity (Wildman–Crippen MR) is 116 cm³/mol. The largest absolute Gasteiger partial charge is 0.356 e. The summed E-state index contributed by atoms with van der Waals surface area (Å²) in [4.78, 5) is 54.6. The predicted octanol–water partition coefficient (Wildman–Crippen LogP) is 1.87. The Morgan fingerprint density at radius 1 is 1.20 bits per heavy atom. The molecule has 2 atom stereocenters. The fourth-order valence-electron chi connectivity index (χ4n) is 3.98. The van der Waals surface area contributed by atoms with E-state index in [2.05, 4.69) is 17.2 Å². The molecular weight excluding hydrogens is 384 g/mol. The van der Waals surface area contributed by atoms with E-state index in [0.717, 1.165) is 30.3 Å². The van der Waals surface area contributed by atoms with Gasteiger partial charge in [0.2, 0.25) is 5.91 Å². The van der Waals surface area contributed by atoms with Crippen LogP contribution >= 0.6 is 0 Å². The van der Waals surface area contributed by atoms with Gasteiger partial charge in [-0.1, -0.05) is 13.3 Å². The average Bonchev–Trinajstić information content (AvgIpc) is 2.73. The number of carbonyl (C=O) groups is 2. The van der Waals surface area contributed by atoms with Crippen LogP contribution in [0.3, 0.4) is 0 Å². The standard InChI is InChI=1S/C22H30N4O4/c1-4-6-11-23-19(27)16-8-7-14(3)26(13-16)20(28)15-9-10-17-18(12-15)24-22(30)25(5-2)21(17)29/h9-10,12,14,16H,4-8,11,13H2,1-3H3,(H,23,27)(H,24,30). The van der Waals surface area contributed by atoms with Crippen molar-refractivity contribution in [2.75, 3.05) is 13.1 Å². The molecule has 1 aromatic heterocycles. The zero-order valence-corrected chi connectivity index (χ0v) is 17.9. The van der Waals surface area contributed by atoms with Crippen molar-refractivity contribution in [3.8, 4) is 0 Å². The van der Waals surface area contributed by atoms with Gasteiger partial charge in [-0.2, -0.15) is 0 Å². The number of unbranched alkanes of at least 4 members (excludes halogenated alkanes) is 1. The van der Waals surface area contributed by atoms with Gasteiger partial charge in [-0.25, -0.2) is 4.79 Å². The van der Waals surface area contributed by atoms with Gasteiger partial charge in [0.25, 0.3) is 11.5 Å². The number of rotatable bonds is 6. The SMILES string of the molecule is CCCCNC(=O)C1CCC(C)N(C(=O)c2ccc3c(=O)n(CC)c(=O)[nH]c3c2)C1. The van der Waals surface area contributed by atoms with E-state index in [1.54, 1.807) is 30.0 Å². The third-order valence-corrected chi connectivity index (χ3v) is 5.89. The smallest absolute Gasteiger partial charge is 0.328 e. The summed E-state index contributed by atoms with van der Waals surface area (Å²) in [5, 5.41) is 3.33. The summed E-state index contributed by atoms with van der Waals surface area (Å²) < 4.78 is 1.12. The molecular formula is C22H30N4O4. The zero-order valence-electron chi connectivity index (χ0n) is 17.9. The number of likely N-dealkylation sites (tertiary alicyclic amines) is 1. The van der Waals surface area contributed by atoms with Crippen LogP contribution in [0, 0.1) is 5.92 Å². The Bertz CT molecular complexity index is 1060. The summed E-state index contributed by atoms with van der Waals surface area (Å²) in [7, 11) is 0. The molecule has 2 aromatic rings. The quantitative estimate of drug-likeness (QED) is 0.704. The molecule has 1 saturated heterocycles. The van der Waals surface area contributed by atoms with Gasteiger partial charge in [0.15, 0.2) is 0 Å². The van der Waals surface area contributed by atoms with Crippen molar-refractivity contribution in [1.82, 2.24) is 19.8 Å². The monoisotopic (exact) mass is 414 g/mol. The summed E-state index contributed by atoms with van der Waals surface area (Å²) in [5.74, 6) is -0.425. The molecule has 8 nitrogen and oxygen atoms in total. The highest BCUT2D eigenvalue weighted by Crippen LogP contribution is 2.24. The number of fused-ring (bicyclic) bond motifs is 1. The maximum Gasteiger partial charge on any atom is 0.328 e. The lowest BCUT2D eigenvalue weighted by atomic mass is 9.92. The van der Waals surface area contributed by atoms with E-state index < -0.39 is 5.69 Å². The van der Waals surface area contributed by atoms with Gasteiger partial charge in [0.1, 0.15) is 0 Å². The normalized spacial score (nSPS) is 19.1. The van der Waals surface area contributed by atoms with Crippen molar-refractivity contribution in [3.63, 3.8) is 0 Å². The van der Waals surface area contributed by atoms with Crippen LogP contribution < -0.4 is 16.6 Å². The molecule has 0 saturated carbocycles. The molecule has 2 heterocycles. The number of nitrogens with zero attached hydrogens (tertiary/aromatic N) is 2. The molecule has 0 aliphatic carbocycles. The number of aromatic amines is 1. The Morgan fingerprint density at radius 2 is 1.97 bits per heavy atom. The van der Waals surface area contributed by atoms with Gasteiger partial charge in [-0.05, 0) is 51.3 Å². The number of carbonyl (C=O) groups excluding carboxylic acids is 2. The number of aromatic nitrogens is 2. The van der Waals surface area contributed by atoms with Gasteiger partial charge in [-0.3, -0.25) is 19.0 Å². The minimum Gasteiger partial charge on any atom is -0.356 e. The lowest BCUT2D eigenvalue weighted by molar-refractivity contribution is -0.126. The Hall–Kier alpha value is -2.90. The Labute approximate surface area is 175 Å². The molecule has 30 heavy (non-hydrogen) atoms. The van der Waals surface area contributed by atoms with Crippen molar-refractivity contribution in [2.45, 2.75) is 59.0 Å². The molecule has 2 unspecified atom stereocenters. The maximum atomic E-state index is 13.2. The van der Waals surface area contributed by atoms with Crippen LogP contribution in [-0.4, -0.2) is 45.4 Å². The average molecular weight is 415 g/mol. The van der Waals surface area contributed by atoms with E-state index >= 15 is 0 Å². The van der Waals surface area contributed by atoms with Crippen LogP contribution in [0.2, 0.25) is 0 Å². The van der Waals surface area contributed by atoms with E-state index in [1.165, 1.54) is 0 Å². The van der Waals surface area contributed by atoms with Crippen LogP contribution in [0.15, 0.2) is 27.8 Å². The fourth-order valence-corrected chi connectivity index (χ4v) is 3.98. The van der Waals surface area contributed by atoms with Crippen LogP contribution in [0.5, 0.6) is 0 Å². The third kappa shape index (κ3) is 4.32. The van der Waals surface area contributed by atoms with E-state index in [-0.39, 0.29) is 35.9 Å². The van der Waals surface area contributed by atoms with Gasteiger partial charge in [0, 0.05) is 31.2 Å². The Kier molecular flexibility index (Phi) is 6.74. The number of benzene rings is 1. The van der Waals surface area contributed by atoms with E-state index in [1.807, 2.05) is 6.92 Å². The number of hydrogen-bond donors (Lipinski definition) is 2. The Balaban J connectivity index is 1.83. The maximum absolute atomic E-state index is 13.2. The van der Waals surface area contributed by atoms with Gasteiger partial charge in [0.05, 0.1) is 16.8 Å². The molecule has 0 bridgehead atoms. The van der Waals surface area contributed by atoms with Crippen LogP contribution in [0.25, 0.3) is 10.9 Å². The molecule has 0 radical (unpaired) electrons. The van der Waals surface area contributed by atoms with E-state index in [9.17, 15) is 19.2 Å². The summed E-state index contributed by atoms with van der Waals surface area (Å²) in [6.45, 7) is 7.08. The molecule has 1 aliphatic rings. The molecule has 2 amide bonds. The van der Waals surface area contributed by atoms with E-state index in [4.69, 9.17) is 0 Å². The minimum atomic E-state index is -0.491. The topological polar surface area (TPSA) is 104 Å². The van der Waals surface area contributed by atoms with Crippen molar-refractivity contribution in [1.29, 1.82) is 0 Å². The van der Waals surface area contributed by atoms with Crippen molar-refractivity contribution in [3.05, 3.63) is 44.6 Å². The highest BCUT2D eigenvalue weighted by atomic mass is 16.2. The number of H-pyrrole nitrogens is 1. The summed E-state index contributed by atoms with van der Waals surface area (Å²) in [6, 6.07) is 4.76. The zero-order chi connectivity index (χ0) is 21.8. The number of piperidine rings is 1. The second kappa shape index (κ2) is 9.28. The van der Waals surface area contributed by atoms with Gasteiger partial charge in [-0.15, -0.1) is 0 Å². The summed E-state index contributed by atoms with van der Waals surface area (Å²) in [5.41, 5.74) is -0.120. The highest BCUT2D eigenvalue weighted by Gasteiger charge is 2.33. The number of hydrogen-bond acceptors (Lipinski definition) is 4. The minimum absolute atomic E-state index is 0.00360. The second-order valence-electron chi connectivity index (χ2n) is 7.97. The van der Waals surface area contributed by atoms with Crippen LogP contribution in [0.4, 0.5) is 0 Å². The van der Waals surface area contributed by atoms with Crippen LogP contribution in [0.1, 0.15) is 56.8 Å². The lowest BCUT2D eigenvalue weighted by Crippen LogP contribution is -2.49. The van der Waals surface area contributed by atoms with Gasteiger partial charge >= 0.3 is 5.69 Å². The third-order valence-electron chi connectivity index (χ3n) is 5.89. The van der Waals surface area contributed by atoms with E-state index in [0.29, 0.717) is 29.6 Å². The number of amides is 2. The molecule has 1 aromatic carbocycles. The first-order chi connectivity index (χ1) is 14.4. The molecule has 1 fully saturated rings. The fraction of sp³-hybridized carbons (Fsp3) is 0.545. The summed E-state index contributed by atoms with van der Waals surface area (Å²) >= 11 is 0. The molecule has 3 rings (SSSR count). The van der Waals surface area contributed by atoms with Gasteiger partial charge < -0.3 is 15.2 Å². The van der Waals surface area contributed by atoms with Crippen molar-refractivity contribution in [2.24, 2.45) is 5.92 Å². The van der Waals surface area contributed by atoms with Crippen molar-refractivity contribution >= 4 is 22.7 Å². The lowest BCUT2D eigenvalue weighted by Gasteiger charge is -2.37. The van der Waals surface area contributed by atoms with Crippen molar-refractivity contribution < 1.29 is 9.59 Å². The molecule has 162 valence electrons. The first-order valence-electron chi connectivity index (χ1n) is 10.7. The second-order valence-corrected chi connectivity index (χ2v) is 7.97.